The third kappa shape index (κ3) is 3.62. The molecule has 1 aliphatic carbocycles. The first-order chi connectivity index (χ1) is 10.3. The number of thiazole rings is 1. The summed E-state index contributed by atoms with van der Waals surface area (Å²) in [5.41, 5.74) is 1.18. The number of hydrogen-bond acceptors (Lipinski definition) is 5. The summed E-state index contributed by atoms with van der Waals surface area (Å²) in [6, 6.07) is 0.448. The molecule has 1 unspecified atom stereocenters. The van der Waals surface area contributed by atoms with Gasteiger partial charge in [-0.25, -0.2) is 4.98 Å². The number of nitrogens with one attached hydrogen (secondary N) is 1. The van der Waals surface area contributed by atoms with Crippen molar-refractivity contribution in [2.75, 3.05) is 25.0 Å². The lowest BCUT2D eigenvalue weighted by Crippen LogP contribution is -2.36. The van der Waals surface area contributed by atoms with Crippen LogP contribution in [0.25, 0.3) is 0 Å². The Kier molecular flexibility index (Phi) is 4.87. The number of fused-ring (bicyclic) bond motifs is 1. The summed E-state index contributed by atoms with van der Waals surface area (Å²) in [6.45, 7) is 1.67. The molecular formula is C15H23N3O2S. The van der Waals surface area contributed by atoms with Gasteiger partial charge in [-0.2, -0.15) is 0 Å². The molecule has 2 heterocycles. The van der Waals surface area contributed by atoms with Gasteiger partial charge < -0.3 is 10.4 Å². The number of likely N-dealkylation sites (tertiary alicyclic amines) is 1. The number of carbonyl (C=O) groups is 1. The van der Waals surface area contributed by atoms with E-state index in [2.05, 4.69) is 15.2 Å². The molecule has 0 spiro atoms. The Morgan fingerprint density at radius 1 is 1.43 bits per heavy atom. The van der Waals surface area contributed by atoms with E-state index in [1.165, 1.54) is 17.0 Å². The van der Waals surface area contributed by atoms with Gasteiger partial charge in [-0.3, -0.25) is 9.69 Å². The molecule has 0 aromatic carbocycles. The van der Waals surface area contributed by atoms with Gasteiger partial charge in [0.2, 0.25) is 5.91 Å². The molecule has 1 atom stereocenters. The number of aliphatic hydroxyl groups is 1. The summed E-state index contributed by atoms with van der Waals surface area (Å²) in [7, 11) is 0. The second kappa shape index (κ2) is 6.85. The van der Waals surface area contributed by atoms with Crippen molar-refractivity contribution in [1.29, 1.82) is 0 Å². The fraction of sp³-hybridized carbons (Fsp3) is 0.733. The molecule has 0 bridgehead atoms. The summed E-state index contributed by atoms with van der Waals surface area (Å²) in [5.74, 6) is 0.0401. The summed E-state index contributed by atoms with van der Waals surface area (Å²) in [5, 5.41) is 12.7. The largest absolute Gasteiger partial charge is 0.396 e. The van der Waals surface area contributed by atoms with Crippen LogP contribution in [0.15, 0.2) is 0 Å². The number of carbonyl (C=O) groups excluding carboxylic acids is 1. The smallest absolute Gasteiger partial charge is 0.240 e. The number of aliphatic hydroxyl groups excluding tert-OH is 1. The van der Waals surface area contributed by atoms with Crippen molar-refractivity contribution in [3.8, 4) is 0 Å². The predicted molar refractivity (Wildman–Crippen MR) is 83.7 cm³/mol. The maximum absolute atomic E-state index is 12.2. The fourth-order valence-corrected chi connectivity index (χ4v) is 4.41. The lowest BCUT2D eigenvalue weighted by atomic mass is 10.1. The van der Waals surface area contributed by atoms with Gasteiger partial charge in [-0.1, -0.05) is 0 Å². The molecule has 1 aliphatic heterocycles. The van der Waals surface area contributed by atoms with Crippen LogP contribution in [-0.2, 0) is 17.6 Å². The van der Waals surface area contributed by atoms with Crippen LogP contribution in [0.1, 0.15) is 42.7 Å². The maximum Gasteiger partial charge on any atom is 0.240 e. The molecular weight excluding hydrogens is 286 g/mol. The van der Waals surface area contributed by atoms with Crippen LogP contribution >= 0.6 is 11.3 Å². The second-order valence-electron chi connectivity index (χ2n) is 5.92. The zero-order valence-corrected chi connectivity index (χ0v) is 13.1. The van der Waals surface area contributed by atoms with Crippen LogP contribution in [0, 0.1) is 0 Å². The second-order valence-corrected chi connectivity index (χ2v) is 7.01. The van der Waals surface area contributed by atoms with Crippen molar-refractivity contribution in [1.82, 2.24) is 9.88 Å². The normalized spacial score (nSPS) is 21.7. The van der Waals surface area contributed by atoms with E-state index in [0.717, 1.165) is 50.2 Å². The molecule has 6 heteroatoms. The summed E-state index contributed by atoms with van der Waals surface area (Å²) >= 11 is 1.63. The highest BCUT2D eigenvalue weighted by Gasteiger charge is 2.26. The van der Waals surface area contributed by atoms with Crippen LogP contribution in [0.2, 0.25) is 0 Å². The molecule has 21 heavy (non-hydrogen) atoms. The predicted octanol–water partition coefficient (Wildman–Crippen LogP) is 1.81. The average Bonchev–Trinajstić information content (AvgIpc) is 3.12. The summed E-state index contributed by atoms with van der Waals surface area (Å²) < 4.78 is 0. The third-order valence-electron chi connectivity index (χ3n) is 4.38. The van der Waals surface area contributed by atoms with Crippen molar-refractivity contribution in [3.05, 3.63) is 10.6 Å². The monoisotopic (exact) mass is 309 g/mol. The lowest BCUT2D eigenvalue weighted by molar-refractivity contribution is -0.117. The Morgan fingerprint density at radius 2 is 2.33 bits per heavy atom. The van der Waals surface area contributed by atoms with Crippen LogP contribution in [0.3, 0.4) is 0 Å². The highest BCUT2D eigenvalue weighted by atomic mass is 32.1. The molecule has 0 saturated carbocycles. The number of anilines is 1. The molecule has 2 N–H and O–H groups in total. The fourth-order valence-electron chi connectivity index (χ4n) is 3.34. The molecule has 2 aliphatic rings. The summed E-state index contributed by atoms with van der Waals surface area (Å²) in [4.78, 5) is 20.3. The van der Waals surface area contributed by atoms with Crippen LogP contribution in [-0.4, -0.2) is 46.6 Å². The minimum absolute atomic E-state index is 0.0401. The number of rotatable bonds is 6. The first kappa shape index (κ1) is 14.9. The molecule has 3 rings (SSSR count). The van der Waals surface area contributed by atoms with Crippen molar-refractivity contribution < 1.29 is 9.90 Å². The number of aromatic nitrogens is 1. The van der Waals surface area contributed by atoms with Gasteiger partial charge in [-0.15, -0.1) is 11.3 Å². The third-order valence-corrected chi connectivity index (χ3v) is 5.46. The van der Waals surface area contributed by atoms with Crippen LogP contribution < -0.4 is 5.32 Å². The summed E-state index contributed by atoms with van der Waals surface area (Å²) in [6.07, 6.45) is 7.45. The highest BCUT2D eigenvalue weighted by Crippen LogP contribution is 2.30. The van der Waals surface area contributed by atoms with Gasteiger partial charge in [0.1, 0.15) is 0 Å². The minimum Gasteiger partial charge on any atom is -0.396 e. The Balaban J connectivity index is 1.51. The van der Waals surface area contributed by atoms with E-state index in [1.54, 1.807) is 11.3 Å². The van der Waals surface area contributed by atoms with Gasteiger partial charge in [0.25, 0.3) is 0 Å². The highest BCUT2D eigenvalue weighted by molar-refractivity contribution is 7.15. The molecule has 1 amide bonds. The van der Waals surface area contributed by atoms with Crippen molar-refractivity contribution in [2.45, 2.75) is 51.0 Å². The Labute approximate surface area is 129 Å². The van der Waals surface area contributed by atoms with Gasteiger partial charge >= 0.3 is 0 Å². The van der Waals surface area contributed by atoms with E-state index in [4.69, 9.17) is 5.11 Å². The van der Waals surface area contributed by atoms with Crippen molar-refractivity contribution >= 4 is 22.4 Å². The maximum atomic E-state index is 12.2. The van der Waals surface area contributed by atoms with E-state index in [9.17, 15) is 4.79 Å². The Bertz CT molecular complexity index is 482. The van der Waals surface area contributed by atoms with Crippen LogP contribution in [0.5, 0.6) is 0 Å². The van der Waals surface area contributed by atoms with Gasteiger partial charge in [-0.05, 0) is 51.5 Å². The SMILES string of the molecule is O=C(CN1CCCC1CCCO)Nc1nc2c(s1)CCC2. The molecule has 1 saturated heterocycles. The van der Waals surface area contributed by atoms with E-state index in [0.29, 0.717) is 12.6 Å². The number of amides is 1. The van der Waals surface area contributed by atoms with E-state index in [1.807, 2.05) is 0 Å². The topological polar surface area (TPSA) is 65.5 Å². The molecule has 1 aromatic heterocycles. The number of hydrogen-bond donors (Lipinski definition) is 2. The van der Waals surface area contributed by atoms with Crippen molar-refractivity contribution in [2.24, 2.45) is 0 Å². The Hall–Kier alpha value is -0.980. The quantitative estimate of drug-likeness (QED) is 0.841. The van der Waals surface area contributed by atoms with E-state index < -0.39 is 0 Å². The Morgan fingerprint density at radius 3 is 3.14 bits per heavy atom. The molecule has 5 nitrogen and oxygen atoms in total. The first-order valence-corrected chi connectivity index (χ1v) is 8.71. The zero-order valence-electron chi connectivity index (χ0n) is 12.3. The number of aryl methyl sites for hydroxylation is 2. The van der Waals surface area contributed by atoms with Gasteiger partial charge in [0.15, 0.2) is 5.13 Å². The minimum atomic E-state index is 0.0401. The number of nitrogens with zero attached hydrogens (tertiary/aromatic N) is 2. The average molecular weight is 309 g/mol. The van der Waals surface area contributed by atoms with E-state index in [-0.39, 0.29) is 12.5 Å². The zero-order chi connectivity index (χ0) is 14.7. The molecule has 116 valence electrons. The van der Waals surface area contributed by atoms with E-state index >= 15 is 0 Å². The molecule has 0 radical (unpaired) electrons. The van der Waals surface area contributed by atoms with Crippen molar-refractivity contribution in [3.63, 3.8) is 0 Å². The van der Waals surface area contributed by atoms with Crippen LogP contribution in [0.4, 0.5) is 5.13 Å². The standard InChI is InChI=1S/C15H23N3O2S/c19-9-3-5-11-4-2-8-18(11)10-14(20)17-15-16-12-6-1-7-13(12)21-15/h11,19H,1-10H2,(H,16,17,20). The lowest BCUT2D eigenvalue weighted by Gasteiger charge is -2.23. The van der Waals surface area contributed by atoms with Gasteiger partial charge in [0.05, 0.1) is 12.2 Å². The van der Waals surface area contributed by atoms with Gasteiger partial charge in [0, 0.05) is 17.5 Å². The first-order valence-electron chi connectivity index (χ1n) is 7.89. The molecule has 1 aromatic rings. The molecule has 1 fully saturated rings.